The second-order valence-electron chi connectivity index (χ2n) is 5.03. The Morgan fingerprint density at radius 1 is 1.32 bits per heavy atom. The van der Waals surface area contributed by atoms with Crippen LogP contribution in [0.15, 0.2) is 23.1 Å². The highest BCUT2D eigenvalue weighted by Crippen LogP contribution is 2.25. The molecule has 0 spiro atoms. The average Bonchev–Trinajstić information content (AvgIpc) is 2.87. The molecule has 1 aromatic carbocycles. The Labute approximate surface area is 115 Å². The molecule has 1 aliphatic rings. The Kier molecular flexibility index (Phi) is 4.47. The second-order valence-corrected chi connectivity index (χ2v) is 6.80. The molecule has 1 heterocycles. The third kappa shape index (κ3) is 3.28. The molecule has 0 aliphatic carbocycles. The zero-order valence-corrected chi connectivity index (χ0v) is 12.4. The summed E-state index contributed by atoms with van der Waals surface area (Å²) in [5.74, 6) is 0.405. The molecule has 0 saturated heterocycles. The highest BCUT2D eigenvalue weighted by molar-refractivity contribution is 7.89. The summed E-state index contributed by atoms with van der Waals surface area (Å²) in [5.41, 5.74) is 2.14. The molecule has 0 fully saturated rings. The van der Waals surface area contributed by atoms with E-state index in [1.807, 2.05) is 6.07 Å². The summed E-state index contributed by atoms with van der Waals surface area (Å²) < 4.78 is 27.2. The van der Waals surface area contributed by atoms with Crippen molar-refractivity contribution in [3.05, 3.63) is 23.8 Å². The van der Waals surface area contributed by atoms with E-state index in [0.29, 0.717) is 17.4 Å². The van der Waals surface area contributed by atoms with Crippen LogP contribution < -0.4 is 10.0 Å². The van der Waals surface area contributed by atoms with Crippen LogP contribution in [0.5, 0.6) is 0 Å². The summed E-state index contributed by atoms with van der Waals surface area (Å²) in [6, 6.07) is 5.33. The summed E-state index contributed by atoms with van der Waals surface area (Å²) in [7, 11) is -3.39. The van der Waals surface area contributed by atoms with Gasteiger partial charge >= 0.3 is 0 Å². The molecule has 2 N–H and O–H groups in total. The lowest BCUT2D eigenvalue weighted by Gasteiger charge is -2.14. The number of sulfonamides is 1. The predicted octanol–water partition coefficient (Wildman–Crippen LogP) is 2.37. The molecule has 4 nitrogen and oxygen atoms in total. The van der Waals surface area contributed by atoms with E-state index in [0.717, 1.165) is 31.5 Å². The van der Waals surface area contributed by atoms with E-state index in [1.165, 1.54) is 5.56 Å². The van der Waals surface area contributed by atoms with Gasteiger partial charge in [-0.05, 0) is 30.0 Å². The lowest BCUT2D eigenvalue weighted by atomic mass is 10.0. The monoisotopic (exact) mass is 282 g/mol. The Hall–Kier alpha value is -1.07. The molecular weight excluding hydrogens is 260 g/mol. The van der Waals surface area contributed by atoms with E-state index >= 15 is 0 Å². The van der Waals surface area contributed by atoms with Gasteiger partial charge in [0.1, 0.15) is 0 Å². The fourth-order valence-electron chi connectivity index (χ4n) is 2.33. The number of hydrogen-bond acceptors (Lipinski definition) is 3. The summed E-state index contributed by atoms with van der Waals surface area (Å²) in [6.45, 7) is 5.57. The van der Waals surface area contributed by atoms with E-state index in [-0.39, 0.29) is 0 Å². The molecule has 1 aromatic rings. The first kappa shape index (κ1) is 14.3. The number of benzene rings is 1. The minimum absolute atomic E-state index is 0.353. The lowest BCUT2D eigenvalue weighted by molar-refractivity contribution is 0.479. The van der Waals surface area contributed by atoms with Crippen LogP contribution in [-0.2, 0) is 16.4 Å². The molecule has 0 unspecified atom stereocenters. The van der Waals surface area contributed by atoms with E-state index in [1.54, 1.807) is 12.1 Å². The van der Waals surface area contributed by atoms with Crippen molar-refractivity contribution >= 4 is 15.7 Å². The van der Waals surface area contributed by atoms with Gasteiger partial charge in [0, 0.05) is 18.8 Å². The van der Waals surface area contributed by atoms with Crippen molar-refractivity contribution in [2.24, 2.45) is 5.92 Å². The number of fused-ring (bicyclic) bond motifs is 1. The fourth-order valence-corrected chi connectivity index (χ4v) is 3.47. The Balaban J connectivity index is 2.11. The predicted molar refractivity (Wildman–Crippen MR) is 77.9 cm³/mol. The van der Waals surface area contributed by atoms with Crippen LogP contribution in [0.25, 0.3) is 0 Å². The highest BCUT2D eigenvalue weighted by Gasteiger charge is 2.18. The summed E-state index contributed by atoms with van der Waals surface area (Å²) >= 11 is 0. The summed E-state index contributed by atoms with van der Waals surface area (Å²) in [6.07, 6.45) is 2.95. The molecule has 106 valence electrons. The van der Waals surface area contributed by atoms with E-state index in [4.69, 9.17) is 0 Å². The Morgan fingerprint density at radius 3 is 2.74 bits per heavy atom. The van der Waals surface area contributed by atoms with Crippen LogP contribution in [0, 0.1) is 5.92 Å². The topological polar surface area (TPSA) is 58.2 Å². The van der Waals surface area contributed by atoms with Crippen LogP contribution in [0.3, 0.4) is 0 Å². The highest BCUT2D eigenvalue weighted by atomic mass is 32.2. The first-order valence-electron chi connectivity index (χ1n) is 6.93. The van der Waals surface area contributed by atoms with Crippen LogP contribution in [0.1, 0.15) is 32.3 Å². The molecule has 19 heavy (non-hydrogen) atoms. The van der Waals surface area contributed by atoms with Crippen LogP contribution in [-0.4, -0.2) is 21.5 Å². The fraction of sp³-hybridized carbons (Fsp3) is 0.571. The van der Waals surface area contributed by atoms with Gasteiger partial charge in [-0.25, -0.2) is 13.1 Å². The largest absolute Gasteiger partial charge is 0.384 e. The first-order valence-corrected chi connectivity index (χ1v) is 8.41. The van der Waals surface area contributed by atoms with Crippen molar-refractivity contribution in [1.82, 2.24) is 4.72 Å². The second kappa shape index (κ2) is 5.92. The van der Waals surface area contributed by atoms with Gasteiger partial charge in [-0.1, -0.05) is 32.8 Å². The molecule has 2 rings (SSSR count). The SMILES string of the molecule is CCC(CC)CNS(=O)(=O)c1ccc2c(c1)NCC2. The number of anilines is 1. The third-order valence-corrected chi connectivity index (χ3v) is 5.24. The van der Waals surface area contributed by atoms with Crippen molar-refractivity contribution in [2.75, 3.05) is 18.4 Å². The van der Waals surface area contributed by atoms with Gasteiger partial charge in [-0.15, -0.1) is 0 Å². The number of nitrogens with one attached hydrogen (secondary N) is 2. The van der Waals surface area contributed by atoms with Gasteiger partial charge in [0.25, 0.3) is 0 Å². The van der Waals surface area contributed by atoms with Crippen molar-refractivity contribution in [1.29, 1.82) is 0 Å². The molecule has 0 radical (unpaired) electrons. The Morgan fingerprint density at radius 2 is 2.05 bits per heavy atom. The average molecular weight is 282 g/mol. The van der Waals surface area contributed by atoms with Crippen molar-refractivity contribution in [3.8, 4) is 0 Å². The lowest BCUT2D eigenvalue weighted by Crippen LogP contribution is -2.29. The van der Waals surface area contributed by atoms with Gasteiger partial charge in [-0.3, -0.25) is 0 Å². The number of hydrogen-bond donors (Lipinski definition) is 2. The minimum atomic E-state index is -3.39. The van der Waals surface area contributed by atoms with E-state index in [2.05, 4.69) is 23.9 Å². The van der Waals surface area contributed by atoms with Gasteiger partial charge in [-0.2, -0.15) is 0 Å². The van der Waals surface area contributed by atoms with Gasteiger partial charge in [0.2, 0.25) is 10.0 Å². The minimum Gasteiger partial charge on any atom is -0.384 e. The van der Waals surface area contributed by atoms with E-state index < -0.39 is 10.0 Å². The maximum atomic E-state index is 12.2. The van der Waals surface area contributed by atoms with Gasteiger partial charge < -0.3 is 5.32 Å². The van der Waals surface area contributed by atoms with Crippen LogP contribution >= 0.6 is 0 Å². The molecule has 0 bridgehead atoms. The zero-order valence-electron chi connectivity index (χ0n) is 11.6. The van der Waals surface area contributed by atoms with Crippen molar-refractivity contribution < 1.29 is 8.42 Å². The first-order chi connectivity index (χ1) is 9.06. The molecular formula is C14H22N2O2S. The molecule has 5 heteroatoms. The Bertz CT molecular complexity index is 536. The van der Waals surface area contributed by atoms with Crippen molar-refractivity contribution in [2.45, 2.75) is 38.0 Å². The van der Waals surface area contributed by atoms with Crippen LogP contribution in [0.2, 0.25) is 0 Å². The van der Waals surface area contributed by atoms with Crippen molar-refractivity contribution in [3.63, 3.8) is 0 Å². The molecule has 0 atom stereocenters. The summed E-state index contributed by atoms with van der Waals surface area (Å²) in [5, 5.41) is 3.21. The van der Waals surface area contributed by atoms with Gasteiger partial charge in [0.15, 0.2) is 0 Å². The van der Waals surface area contributed by atoms with Crippen LogP contribution in [0.4, 0.5) is 5.69 Å². The number of rotatable bonds is 6. The normalized spacial score (nSPS) is 14.5. The standard InChI is InChI=1S/C14H22N2O2S/c1-3-11(4-2)10-16-19(17,18)13-6-5-12-7-8-15-14(12)9-13/h5-6,9,11,15-16H,3-4,7-8,10H2,1-2H3. The van der Waals surface area contributed by atoms with E-state index in [9.17, 15) is 8.42 Å². The van der Waals surface area contributed by atoms with Gasteiger partial charge in [0.05, 0.1) is 4.90 Å². The third-order valence-electron chi connectivity index (χ3n) is 3.82. The molecule has 0 saturated carbocycles. The zero-order chi connectivity index (χ0) is 13.9. The summed E-state index contributed by atoms with van der Waals surface area (Å²) in [4.78, 5) is 0.353. The molecule has 0 aromatic heterocycles. The molecule has 0 amide bonds. The maximum Gasteiger partial charge on any atom is 0.240 e. The quantitative estimate of drug-likeness (QED) is 0.842. The maximum absolute atomic E-state index is 12.2. The smallest absolute Gasteiger partial charge is 0.240 e. The molecule has 1 aliphatic heterocycles.